The first-order chi connectivity index (χ1) is 15.5. The van der Waals surface area contributed by atoms with Crippen LogP contribution >= 0.6 is 55.1 Å². The molecule has 32 heavy (non-hydrogen) atoms. The molecule has 0 radical (unpaired) electrons. The van der Waals surface area contributed by atoms with Crippen LogP contribution in [0.5, 0.6) is 0 Å². The van der Waals surface area contributed by atoms with Gasteiger partial charge in [-0.25, -0.2) is 9.98 Å². The highest BCUT2D eigenvalue weighted by atomic mass is 79.9. The first kappa shape index (κ1) is 21.6. The molecule has 0 spiro atoms. The smallest absolute Gasteiger partial charge is 0.0803 e. The molecule has 0 aromatic heterocycles. The summed E-state index contributed by atoms with van der Waals surface area (Å²) in [6.45, 7) is 0. The lowest BCUT2D eigenvalue weighted by Crippen LogP contribution is -2.10. The van der Waals surface area contributed by atoms with Crippen LogP contribution in [-0.2, 0) is 0 Å². The van der Waals surface area contributed by atoms with Crippen molar-refractivity contribution >= 4 is 77.9 Å². The van der Waals surface area contributed by atoms with Crippen LogP contribution < -0.4 is 0 Å². The van der Waals surface area contributed by atoms with Crippen LogP contribution in [0.15, 0.2) is 104 Å². The second-order valence-electron chi connectivity index (χ2n) is 7.26. The molecule has 0 atom stereocenters. The fraction of sp³-hybridized carbons (Fsp3) is 0. The number of benzene rings is 4. The van der Waals surface area contributed by atoms with E-state index in [4.69, 9.17) is 33.2 Å². The topological polar surface area (TPSA) is 24.7 Å². The maximum absolute atomic E-state index is 6.15. The summed E-state index contributed by atoms with van der Waals surface area (Å²) in [5, 5.41) is 1.36. The molecule has 0 saturated heterocycles. The van der Waals surface area contributed by atoms with Crippen molar-refractivity contribution in [3.05, 3.63) is 126 Å². The van der Waals surface area contributed by atoms with Crippen molar-refractivity contribution in [3.8, 4) is 0 Å². The number of nitrogens with zero attached hydrogens (tertiary/aromatic N) is 2. The summed E-state index contributed by atoms with van der Waals surface area (Å²) >= 11 is 19.5. The van der Waals surface area contributed by atoms with Crippen LogP contribution in [0, 0.1) is 0 Å². The lowest BCUT2D eigenvalue weighted by molar-refractivity contribution is 1.38. The van der Waals surface area contributed by atoms with Crippen molar-refractivity contribution in [2.45, 2.75) is 0 Å². The van der Waals surface area contributed by atoms with E-state index in [9.17, 15) is 0 Å². The van der Waals surface area contributed by atoms with Crippen LogP contribution in [-0.4, -0.2) is 11.4 Å². The molecule has 1 aliphatic rings. The minimum absolute atomic E-state index is 0.682. The molecule has 0 unspecified atom stereocenters. The number of aliphatic imine (C=N–C) groups is 2. The highest BCUT2D eigenvalue weighted by Crippen LogP contribution is 2.36. The second-order valence-corrected chi connectivity index (χ2v) is 9.96. The predicted molar refractivity (Wildman–Crippen MR) is 142 cm³/mol. The summed E-state index contributed by atoms with van der Waals surface area (Å²) in [6.07, 6.45) is 0. The third-order valence-electron chi connectivity index (χ3n) is 5.13. The summed E-state index contributed by atoms with van der Waals surface area (Å²) in [6, 6.07) is 27.5. The summed E-state index contributed by atoms with van der Waals surface area (Å²) in [7, 11) is 0. The third kappa shape index (κ3) is 4.33. The quantitative estimate of drug-likeness (QED) is 0.198. The third-order valence-corrected chi connectivity index (χ3v) is 6.62. The monoisotopic (exact) mass is 582 g/mol. The van der Waals surface area contributed by atoms with Gasteiger partial charge in [-0.1, -0.05) is 79.3 Å². The average Bonchev–Trinajstić information content (AvgIpc) is 2.78. The van der Waals surface area contributed by atoms with Crippen molar-refractivity contribution in [1.29, 1.82) is 0 Å². The molecular weight excluding hydrogens is 571 g/mol. The highest BCUT2D eigenvalue weighted by Gasteiger charge is 2.21. The molecule has 0 fully saturated rings. The van der Waals surface area contributed by atoms with Crippen LogP contribution in [0.1, 0.15) is 22.3 Å². The number of halogens is 4. The fourth-order valence-electron chi connectivity index (χ4n) is 3.61. The fourth-order valence-corrected chi connectivity index (χ4v) is 4.58. The molecule has 4 aromatic rings. The van der Waals surface area contributed by atoms with Gasteiger partial charge >= 0.3 is 0 Å². The Morgan fingerprint density at radius 2 is 0.875 bits per heavy atom. The molecule has 1 aliphatic heterocycles. The molecule has 0 saturated carbocycles. The summed E-state index contributed by atoms with van der Waals surface area (Å²) < 4.78 is 1.91. The molecule has 1 heterocycles. The van der Waals surface area contributed by atoms with E-state index in [1.165, 1.54) is 0 Å². The van der Waals surface area contributed by atoms with Gasteiger partial charge in [0.1, 0.15) is 0 Å². The minimum Gasteiger partial charge on any atom is -0.247 e. The largest absolute Gasteiger partial charge is 0.247 e. The standard InChI is InChI=1S/C26H14Br2Cl2N2/c27-17-5-11-23-21(13-17)25(15-1-7-19(29)8-2-15)31-24-12-6-18(28)14-22(24)26(32-23)16-3-9-20(30)10-4-16/h1-14H. The Hall–Kier alpha value is -2.24. The van der Waals surface area contributed by atoms with E-state index in [2.05, 4.69) is 44.0 Å². The second kappa shape index (κ2) is 8.95. The Balaban J connectivity index is 1.83. The van der Waals surface area contributed by atoms with E-state index in [-0.39, 0.29) is 0 Å². The van der Waals surface area contributed by atoms with Crippen LogP contribution in [0.3, 0.4) is 0 Å². The molecule has 2 nitrogen and oxygen atoms in total. The molecule has 0 amide bonds. The molecule has 0 bridgehead atoms. The summed E-state index contributed by atoms with van der Waals surface area (Å²) in [4.78, 5) is 10.3. The van der Waals surface area contributed by atoms with Crippen molar-refractivity contribution in [1.82, 2.24) is 0 Å². The maximum atomic E-state index is 6.15. The van der Waals surface area contributed by atoms with Gasteiger partial charge in [0, 0.05) is 41.2 Å². The van der Waals surface area contributed by atoms with E-state index in [0.29, 0.717) is 10.0 Å². The molecule has 0 aliphatic carbocycles. The van der Waals surface area contributed by atoms with Gasteiger partial charge < -0.3 is 0 Å². The van der Waals surface area contributed by atoms with Crippen molar-refractivity contribution < 1.29 is 0 Å². The van der Waals surface area contributed by atoms with Gasteiger partial charge in [-0.3, -0.25) is 0 Å². The van der Waals surface area contributed by atoms with Gasteiger partial charge in [-0.15, -0.1) is 0 Å². The first-order valence-corrected chi connectivity index (χ1v) is 12.1. The predicted octanol–water partition coefficient (Wildman–Crippen LogP) is 9.17. The zero-order chi connectivity index (χ0) is 22.2. The lowest BCUT2D eigenvalue weighted by atomic mass is 9.96. The van der Waals surface area contributed by atoms with Crippen molar-refractivity contribution in [2.24, 2.45) is 9.98 Å². The SMILES string of the molecule is Clc1ccc(C2=Nc3ccc(Br)cc3C(c3ccc(Cl)cc3)=Nc3ccc(Br)cc32)cc1. The molecule has 6 heteroatoms. The number of hydrogen-bond acceptors (Lipinski definition) is 2. The van der Waals surface area contributed by atoms with Gasteiger partial charge in [0.15, 0.2) is 0 Å². The van der Waals surface area contributed by atoms with Gasteiger partial charge in [-0.2, -0.15) is 0 Å². The average molecular weight is 585 g/mol. The number of rotatable bonds is 2. The Morgan fingerprint density at radius 1 is 0.500 bits per heavy atom. The molecule has 0 N–H and O–H groups in total. The van der Waals surface area contributed by atoms with E-state index in [1.54, 1.807) is 0 Å². The van der Waals surface area contributed by atoms with Gasteiger partial charge in [0.2, 0.25) is 0 Å². The summed E-state index contributed by atoms with van der Waals surface area (Å²) in [5.41, 5.74) is 7.12. The van der Waals surface area contributed by atoms with Crippen molar-refractivity contribution in [2.75, 3.05) is 0 Å². The number of fused-ring (bicyclic) bond motifs is 2. The molecule has 5 rings (SSSR count). The zero-order valence-corrected chi connectivity index (χ0v) is 21.2. The first-order valence-electron chi connectivity index (χ1n) is 9.77. The number of hydrogen-bond donors (Lipinski definition) is 0. The minimum atomic E-state index is 0.682. The van der Waals surface area contributed by atoms with Crippen LogP contribution in [0.2, 0.25) is 10.0 Å². The highest BCUT2D eigenvalue weighted by molar-refractivity contribution is 9.10. The zero-order valence-electron chi connectivity index (χ0n) is 16.5. The summed E-state index contributed by atoms with van der Waals surface area (Å²) in [5.74, 6) is 0. The van der Waals surface area contributed by atoms with Crippen LogP contribution in [0.25, 0.3) is 0 Å². The molecule has 156 valence electrons. The molecule has 4 aromatic carbocycles. The Morgan fingerprint density at radius 3 is 1.25 bits per heavy atom. The maximum Gasteiger partial charge on any atom is 0.0803 e. The molecular formula is C26H14Br2Cl2N2. The van der Waals surface area contributed by atoms with E-state index in [1.807, 2.05) is 72.8 Å². The normalized spacial score (nSPS) is 12.8. The van der Waals surface area contributed by atoms with Gasteiger partial charge in [0.05, 0.1) is 22.8 Å². The lowest BCUT2D eigenvalue weighted by Gasteiger charge is -2.18. The van der Waals surface area contributed by atoms with Gasteiger partial charge in [0.25, 0.3) is 0 Å². The van der Waals surface area contributed by atoms with Crippen LogP contribution in [0.4, 0.5) is 11.4 Å². The van der Waals surface area contributed by atoms with E-state index >= 15 is 0 Å². The van der Waals surface area contributed by atoms with Gasteiger partial charge in [-0.05, 0) is 60.7 Å². The Labute approximate surface area is 212 Å². The Kier molecular flexibility index (Phi) is 6.04. The Bertz CT molecular complexity index is 1280. The van der Waals surface area contributed by atoms with E-state index < -0.39 is 0 Å². The van der Waals surface area contributed by atoms with E-state index in [0.717, 1.165) is 54.0 Å². The van der Waals surface area contributed by atoms with Crippen molar-refractivity contribution in [3.63, 3.8) is 0 Å².